The first-order chi connectivity index (χ1) is 16.7. The Morgan fingerprint density at radius 3 is 2.71 bits per heavy atom. The highest BCUT2D eigenvalue weighted by molar-refractivity contribution is 5.76. The van der Waals surface area contributed by atoms with Gasteiger partial charge in [0.05, 0.1) is 12.2 Å². The van der Waals surface area contributed by atoms with Gasteiger partial charge in [-0.1, -0.05) is 17.6 Å². The number of piperazine rings is 1. The lowest BCUT2D eigenvalue weighted by atomic mass is 9.81. The summed E-state index contributed by atoms with van der Waals surface area (Å²) in [6.45, 7) is 8.34. The largest absolute Gasteiger partial charge is 0.360 e. The average molecular weight is 467 g/mol. The fraction of sp³-hybridized carbons (Fsp3) is 0.654. The standard InChI is InChI=1S/C26H38N6O2/c33-26(32-14-12-31(13-15-32)25-6-2-3-8-28-25)17-21-7-9-27-19-22(21)16-23-18-24(34-29-23)20-30-10-4-1-5-11-30/h2-3,6,8,18,21-22,27H,1,4-5,7,9-17,19-20H2/t21-,22-/m0/s1. The maximum absolute atomic E-state index is 13.2. The van der Waals surface area contributed by atoms with Crippen molar-refractivity contribution in [1.29, 1.82) is 0 Å². The van der Waals surface area contributed by atoms with Gasteiger partial charge in [-0.15, -0.1) is 0 Å². The van der Waals surface area contributed by atoms with Crippen molar-refractivity contribution in [3.05, 3.63) is 41.9 Å². The number of anilines is 1. The molecule has 2 aromatic rings. The van der Waals surface area contributed by atoms with Gasteiger partial charge in [0.25, 0.3) is 0 Å². The van der Waals surface area contributed by atoms with Crippen molar-refractivity contribution in [2.24, 2.45) is 11.8 Å². The maximum atomic E-state index is 13.2. The first kappa shape index (κ1) is 23.3. The Labute approximate surface area is 202 Å². The van der Waals surface area contributed by atoms with Crippen LogP contribution < -0.4 is 10.2 Å². The van der Waals surface area contributed by atoms with Crippen LogP contribution in [0.3, 0.4) is 0 Å². The van der Waals surface area contributed by atoms with Crippen LogP contribution in [0.15, 0.2) is 35.0 Å². The predicted octanol–water partition coefficient (Wildman–Crippen LogP) is 2.56. The van der Waals surface area contributed by atoms with Gasteiger partial charge in [0.2, 0.25) is 5.91 Å². The van der Waals surface area contributed by atoms with Crippen LogP contribution in [0.4, 0.5) is 5.82 Å². The molecule has 0 bridgehead atoms. The normalized spacial score (nSPS) is 24.4. The minimum Gasteiger partial charge on any atom is -0.360 e. The first-order valence-electron chi connectivity index (χ1n) is 13.1. The number of amides is 1. The molecule has 8 heteroatoms. The van der Waals surface area contributed by atoms with E-state index in [1.165, 1.54) is 19.3 Å². The summed E-state index contributed by atoms with van der Waals surface area (Å²) in [5.74, 6) is 3.08. The summed E-state index contributed by atoms with van der Waals surface area (Å²) in [5.41, 5.74) is 1.03. The first-order valence-corrected chi connectivity index (χ1v) is 13.1. The van der Waals surface area contributed by atoms with Crippen molar-refractivity contribution < 1.29 is 9.32 Å². The highest BCUT2D eigenvalue weighted by atomic mass is 16.5. The van der Waals surface area contributed by atoms with E-state index in [0.717, 1.165) is 89.0 Å². The third-order valence-electron chi connectivity index (χ3n) is 7.71. The number of carbonyl (C=O) groups is 1. The molecule has 184 valence electrons. The second-order valence-corrected chi connectivity index (χ2v) is 10.1. The molecule has 3 fully saturated rings. The molecule has 34 heavy (non-hydrogen) atoms. The second kappa shape index (κ2) is 11.3. The van der Waals surface area contributed by atoms with Gasteiger partial charge in [-0.3, -0.25) is 9.69 Å². The summed E-state index contributed by atoms with van der Waals surface area (Å²) < 4.78 is 5.67. The van der Waals surface area contributed by atoms with Gasteiger partial charge in [0.1, 0.15) is 5.82 Å². The molecule has 0 spiro atoms. The Hall–Kier alpha value is -2.45. The van der Waals surface area contributed by atoms with Crippen LogP contribution in [0.5, 0.6) is 0 Å². The molecule has 0 radical (unpaired) electrons. The summed E-state index contributed by atoms with van der Waals surface area (Å²) in [5, 5.41) is 7.91. The number of nitrogens with one attached hydrogen (secondary N) is 1. The van der Waals surface area contributed by atoms with Crippen molar-refractivity contribution in [2.45, 2.75) is 45.1 Å². The Kier molecular flexibility index (Phi) is 7.76. The molecule has 5 rings (SSSR count). The summed E-state index contributed by atoms with van der Waals surface area (Å²) in [4.78, 5) is 24.4. The van der Waals surface area contributed by atoms with Gasteiger partial charge in [-0.25, -0.2) is 4.98 Å². The van der Waals surface area contributed by atoms with Crippen molar-refractivity contribution >= 4 is 11.7 Å². The molecule has 0 unspecified atom stereocenters. The zero-order valence-electron chi connectivity index (χ0n) is 20.2. The van der Waals surface area contributed by atoms with Crippen LogP contribution in [-0.4, -0.2) is 78.2 Å². The predicted molar refractivity (Wildman–Crippen MR) is 131 cm³/mol. The van der Waals surface area contributed by atoms with E-state index < -0.39 is 0 Å². The van der Waals surface area contributed by atoms with Crippen molar-refractivity contribution in [2.75, 3.05) is 57.3 Å². The van der Waals surface area contributed by atoms with Crippen LogP contribution in [0.1, 0.15) is 43.6 Å². The van der Waals surface area contributed by atoms with E-state index >= 15 is 0 Å². The van der Waals surface area contributed by atoms with E-state index in [1.807, 2.05) is 29.3 Å². The number of rotatable bonds is 7. The molecule has 0 saturated carbocycles. The Bertz CT molecular complexity index is 905. The topological polar surface area (TPSA) is 77.7 Å². The number of piperidine rings is 2. The molecule has 5 heterocycles. The summed E-state index contributed by atoms with van der Waals surface area (Å²) in [6, 6.07) is 8.13. The number of nitrogens with zero attached hydrogens (tertiary/aromatic N) is 5. The molecule has 2 atom stereocenters. The maximum Gasteiger partial charge on any atom is 0.222 e. The number of pyridine rings is 1. The van der Waals surface area contributed by atoms with Gasteiger partial charge in [0.15, 0.2) is 5.76 Å². The van der Waals surface area contributed by atoms with Crippen LogP contribution in [-0.2, 0) is 17.8 Å². The second-order valence-electron chi connectivity index (χ2n) is 10.1. The molecule has 0 aliphatic carbocycles. The molecule has 8 nitrogen and oxygen atoms in total. The summed E-state index contributed by atoms with van der Waals surface area (Å²) >= 11 is 0. The molecular weight excluding hydrogens is 428 g/mol. The van der Waals surface area contributed by atoms with Gasteiger partial charge in [-0.05, 0) is 75.8 Å². The SMILES string of the molecule is O=C(C[C@@H]1CCNC[C@@H]1Cc1cc(CN2CCCCC2)on1)N1CCN(c2ccccn2)CC1. The molecule has 3 aliphatic rings. The monoisotopic (exact) mass is 466 g/mol. The highest BCUT2D eigenvalue weighted by Crippen LogP contribution is 2.27. The number of hydrogen-bond donors (Lipinski definition) is 1. The van der Waals surface area contributed by atoms with Crippen LogP contribution in [0, 0.1) is 11.8 Å². The van der Waals surface area contributed by atoms with E-state index in [2.05, 4.69) is 31.3 Å². The third kappa shape index (κ3) is 5.96. The number of likely N-dealkylation sites (tertiary alicyclic amines) is 1. The highest BCUT2D eigenvalue weighted by Gasteiger charge is 2.31. The number of aromatic nitrogens is 2. The van der Waals surface area contributed by atoms with E-state index in [4.69, 9.17) is 4.52 Å². The van der Waals surface area contributed by atoms with Gasteiger partial charge >= 0.3 is 0 Å². The lowest BCUT2D eigenvalue weighted by Crippen LogP contribution is -2.50. The zero-order valence-corrected chi connectivity index (χ0v) is 20.2. The molecule has 0 aromatic carbocycles. The summed E-state index contributed by atoms with van der Waals surface area (Å²) in [6.07, 6.45) is 8.28. The van der Waals surface area contributed by atoms with Gasteiger partial charge in [-0.2, -0.15) is 0 Å². The van der Waals surface area contributed by atoms with Gasteiger partial charge < -0.3 is 19.6 Å². The average Bonchev–Trinajstić information content (AvgIpc) is 3.33. The van der Waals surface area contributed by atoms with Crippen LogP contribution >= 0.6 is 0 Å². The van der Waals surface area contributed by atoms with E-state index in [1.54, 1.807) is 0 Å². The van der Waals surface area contributed by atoms with Crippen LogP contribution in [0.2, 0.25) is 0 Å². The van der Waals surface area contributed by atoms with E-state index in [-0.39, 0.29) is 0 Å². The lowest BCUT2D eigenvalue weighted by Gasteiger charge is -2.37. The lowest BCUT2D eigenvalue weighted by molar-refractivity contribution is -0.133. The number of hydrogen-bond acceptors (Lipinski definition) is 7. The fourth-order valence-corrected chi connectivity index (χ4v) is 5.70. The minimum absolute atomic E-state index is 0.295. The molecule has 3 saturated heterocycles. The Balaban J connectivity index is 1.12. The quantitative estimate of drug-likeness (QED) is 0.672. The van der Waals surface area contributed by atoms with Crippen molar-refractivity contribution in [3.8, 4) is 0 Å². The van der Waals surface area contributed by atoms with Gasteiger partial charge in [0, 0.05) is 44.9 Å². The van der Waals surface area contributed by atoms with E-state index in [9.17, 15) is 4.79 Å². The number of carbonyl (C=O) groups excluding carboxylic acids is 1. The minimum atomic E-state index is 0.295. The Morgan fingerprint density at radius 1 is 1.06 bits per heavy atom. The zero-order chi connectivity index (χ0) is 23.2. The molecule has 1 N–H and O–H groups in total. The third-order valence-corrected chi connectivity index (χ3v) is 7.71. The van der Waals surface area contributed by atoms with Crippen molar-refractivity contribution in [1.82, 2.24) is 25.3 Å². The molecular formula is C26H38N6O2. The molecule has 2 aromatic heterocycles. The molecule has 3 aliphatic heterocycles. The van der Waals surface area contributed by atoms with E-state index in [0.29, 0.717) is 24.2 Å². The summed E-state index contributed by atoms with van der Waals surface area (Å²) in [7, 11) is 0. The fourth-order valence-electron chi connectivity index (χ4n) is 5.70. The van der Waals surface area contributed by atoms with Crippen molar-refractivity contribution in [3.63, 3.8) is 0 Å². The smallest absolute Gasteiger partial charge is 0.222 e. The van der Waals surface area contributed by atoms with Crippen LogP contribution in [0.25, 0.3) is 0 Å². The molecule has 1 amide bonds. The Morgan fingerprint density at radius 2 is 1.91 bits per heavy atom.